The number of halogens is 2. The Labute approximate surface area is 141 Å². The number of benzene rings is 1. The van der Waals surface area contributed by atoms with Gasteiger partial charge in [-0.15, -0.1) is 11.3 Å². The van der Waals surface area contributed by atoms with Gasteiger partial charge in [0.25, 0.3) is 5.91 Å². The second kappa shape index (κ2) is 6.65. The summed E-state index contributed by atoms with van der Waals surface area (Å²) in [6.07, 6.45) is 4.06. The number of hydrogen-bond acceptors (Lipinski definition) is 3. The van der Waals surface area contributed by atoms with Gasteiger partial charge in [-0.05, 0) is 30.2 Å². The normalized spacial score (nSPS) is 10.8. The van der Waals surface area contributed by atoms with Gasteiger partial charge in [0.05, 0.1) is 14.6 Å². The number of nitrogens with zero attached hydrogens (tertiary/aromatic N) is 1. The summed E-state index contributed by atoms with van der Waals surface area (Å²) in [5.74, 6) is -0.0915. The Balaban J connectivity index is 1.63. The first-order valence-corrected chi connectivity index (χ1v) is 8.26. The molecule has 1 aromatic carbocycles. The third kappa shape index (κ3) is 3.40. The van der Waals surface area contributed by atoms with E-state index in [0.29, 0.717) is 21.5 Å². The van der Waals surface area contributed by atoms with E-state index in [1.54, 1.807) is 12.4 Å². The summed E-state index contributed by atoms with van der Waals surface area (Å²) in [6.45, 7) is 0.570. The van der Waals surface area contributed by atoms with Crippen molar-refractivity contribution in [1.29, 1.82) is 0 Å². The molecule has 3 rings (SSSR count). The molecule has 0 aliphatic heterocycles. The maximum atomic E-state index is 12.2. The van der Waals surface area contributed by atoms with Crippen molar-refractivity contribution in [2.45, 2.75) is 6.42 Å². The van der Waals surface area contributed by atoms with Gasteiger partial charge >= 0.3 is 0 Å². The molecule has 112 valence electrons. The molecule has 0 bridgehead atoms. The number of rotatable bonds is 4. The van der Waals surface area contributed by atoms with Gasteiger partial charge in [-0.3, -0.25) is 9.78 Å². The van der Waals surface area contributed by atoms with Crippen LogP contribution in [0.2, 0.25) is 10.0 Å². The highest BCUT2D eigenvalue weighted by Gasteiger charge is 2.11. The summed E-state index contributed by atoms with van der Waals surface area (Å²) in [7, 11) is 0. The number of hydrogen-bond donors (Lipinski definition) is 1. The smallest absolute Gasteiger partial charge is 0.261 e. The van der Waals surface area contributed by atoms with Crippen molar-refractivity contribution < 1.29 is 4.79 Å². The van der Waals surface area contributed by atoms with Crippen LogP contribution in [0.4, 0.5) is 0 Å². The van der Waals surface area contributed by atoms with E-state index in [9.17, 15) is 4.79 Å². The Hall–Kier alpha value is -1.62. The highest BCUT2D eigenvalue weighted by molar-refractivity contribution is 7.20. The quantitative estimate of drug-likeness (QED) is 0.748. The van der Waals surface area contributed by atoms with E-state index in [1.165, 1.54) is 11.3 Å². The minimum absolute atomic E-state index is 0.0915. The summed E-state index contributed by atoms with van der Waals surface area (Å²) in [6, 6.07) is 9.42. The van der Waals surface area contributed by atoms with Crippen LogP contribution in [0.25, 0.3) is 10.1 Å². The van der Waals surface area contributed by atoms with Crippen LogP contribution in [0.1, 0.15) is 15.2 Å². The lowest BCUT2D eigenvalue weighted by molar-refractivity contribution is 0.0958. The van der Waals surface area contributed by atoms with Gasteiger partial charge in [0.15, 0.2) is 0 Å². The number of carbonyl (C=O) groups is 1. The zero-order valence-corrected chi connectivity index (χ0v) is 13.8. The van der Waals surface area contributed by atoms with Gasteiger partial charge in [-0.1, -0.05) is 35.3 Å². The predicted octanol–water partition coefficient (Wildman–Crippen LogP) is 4.58. The van der Waals surface area contributed by atoms with Crippen molar-refractivity contribution >= 4 is 50.5 Å². The van der Waals surface area contributed by atoms with E-state index < -0.39 is 0 Å². The minimum atomic E-state index is -0.0915. The van der Waals surface area contributed by atoms with Crippen molar-refractivity contribution in [1.82, 2.24) is 10.3 Å². The Kier molecular flexibility index (Phi) is 4.62. The molecule has 0 unspecified atom stereocenters. The molecule has 0 radical (unpaired) electrons. The molecule has 0 aliphatic carbocycles. The topological polar surface area (TPSA) is 42.0 Å². The average molecular weight is 351 g/mol. The minimum Gasteiger partial charge on any atom is -0.351 e. The molecule has 0 atom stereocenters. The fourth-order valence-corrected chi connectivity index (χ4v) is 3.46. The fraction of sp³-hybridized carbons (Fsp3) is 0.125. The molecule has 0 saturated heterocycles. The van der Waals surface area contributed by atoms with E-state index in [0.717, 1.165) is 22.1 Å². The number of fused-ring (bicyclic) bond motifs is 1. The second-order valence-corrected chi connectivity index (χ2v) is 6.70. The van der Waals surface area contributed by atoms with E-state index >= 15 is 0 Å². The molecular formula is C16H12Cl2N2OS. The van der Waals surface area contributed by atoms with Crippen LogP contribution in [-0.4, -0.2) is 17.4 Å². The van der Waals surface area contributed by atoms with Gasteiger partial charge in [0.2, 0.25) is 0 Å². The standard InChI is InChI=1S/C16H12Cl2N2OS/c17-11-3-1-10(2-4-11)5-6-20-16(21)14-7-12-13(18)8-19-9-15(12)22-14/h1-4,7-9H,5-6H2,(H,20,21). The summed E-state index contributed by atoms with van der Waals surface area (Å²) >= 11 is 13.3. The molecule has 1 amide bonds. The highest BCUT2D eigenvalue weighted by atomic mass is 35.5. The van der Waals surface area contributed by atoms with Gasteiger partial charge in [0.1, 0.15) is 0 Å². The number of aromatic nitrogens is 1. The SMILES string of the molecule is O=C(NCCc1ccc(Cl)cc1)c1cc2c(Cl)cncc2s1. The van der Waals surface area contributed by atoms with Crippen molar-refractivity contribution in [2.24, 2.45) is 0 Å². The molecule has 22 heavy (non-hydrogen) atoms. The lowest BCUT2D eigenvalue weighted by atomic mass is 10.1. The monoisotopic (exact) mass is 350 g/mol. The van der Waals surface area contributed by atoms with E-state index in [2.05, 4.69) is 10.3 Å². The number of amides is 1. The zero-order chi connectivity index (χ0) is 15.5. The van der Waals surface area contributed by atoms with Crippen molar-refractivity contribution in [3.05, 3.63) is 63.2 Å². The number of thiophene rings is 1. The Morgan fingerprint density at radius 3 is 2.68 bits per heavy atom. The van der Waals surface area contributed by atoms with Crippen LogP contribution in [0.15, 0.2) is 42.7 Å². The summed E-state index contributed by atoms with van der Waals surface area (Å²) in [5, 5.41) is 5.06. The van der Waals surface area contributed by atoms with Gasteiger partial charge in [0, 0.05) is 29.3 Å². The lowest BCUT2D eigenvalue weighted by Gasteiger charge is -2.04. The maximum Gasteiger partial charge on any atom is 0.261 e. The first-order chi connectivity index (χ1) is 10.6. The highest BCUT2D eigenvalue weighted by Crippen LogP contribution is 2.29. The first-order valence-electron chi connectivity index (χ1n) is 6.69. The molecule has 3 nitrogen and oxygen atoms in total. The van der Waals surface area contributed by atoms with Crippen molar-refractivity contribution in [3.63, 3.8) is 0 Å². The molecule has 0 spiro atoms. The molecule has 0 fully saturated rings. The van der Waals surface area contributed by atoms with Crippen LogP contribution in [0, 0.1) is 0 Å². The average Bonchev–Trinajstić information content (AvgIpc) is 2.95. The molecule has 6 heteroatoms. The number of carbonyl (C=O) groups excluding carboxylic acids is 1. The number of nitrogens with one attached hydrogen (secondary N) is 1. The number of pyridine rings is 1. The van der Waals surface area contributed by atoms with Crippen LogP contribution in [0.5, 0.6) is 0 Å². The fourth-order valence-electron chi connectivity index (χ4n) is 2.10. The Morgan fingerprint density at radius 1 is 1.18 bits per heavy atom. The molecule has 1 N–H and O–H groups in total. The summed E-state index contributed by atoms with van der Waals surface area (Å²) in [4.78, 5) is 16.9. The zero-order valence-electron chi connectivity index (χ0n) is 11.5. The second-order valence-electron chi connectivity index (χ2n) is 4.78. The van der Waals surface area contributed by atoms with E-state index in [1.807, 2.05) is 30.3 Å². The largest absolute Gasteiger partial charge is 0.351 e. The van der Waals surface area contributed by atoms with Gasteiger partial charge in [-0.2, -0.15) is 0 Å². The Morgan fingerprint density at radius 2 is 1.95 bits per heavy atom. The third-order valence-corrected chi connectivity index (χ3v) is 4.86. The molecular weight excluding hydrogens is 339 g/mol. The molecule has 2 heterocycles. The third-order valence-electron chi connectivity index (χ3n) is 3.23. The Bertz CT molecular complexity index is 815. The molecule has 0 saturated carbocycles. The van der Waals surface area contributed by atoms with Gasteiger partial charge in [-0.25, -0.2) is 0 Å². The van der Waals surface area contributed by atoms with E-state index in [4.69, 9.17) is 23.2 Å². The maximum absolute atomic E-state index is 12.2. The summed E-state index contributed by atoms with van der Waals surface area (Å²) in [5.41, 5.74) is 1.13. The van der Waals surface area contributed by atoms with Crippen LogP contribution < -0.4 is 5.32 Å². The lowest BCUT2D eigenvalue weighted by Crippen LogP contribution is -2.24. The van der Waals surface area contributed by atoms with Crippen LogP contribution in [0.3, 0.4) is 0 Å². The van der Waals surface area contributed by atoms with Crippen LogP contribution in [-0.2, 0) is 6.42 Å². The van der Waals surface area contributed by atoms with Crippen molar-refractivity contribution in [3.8, 4) is 0 Å². The predicted molar refractivity (Wildman–Crippen MR) is 92.1 cm³/mol. The van der Waals surface area contributed by atoms with Crippen molar-refractivity contribution in [2.75, 3.05) is 6.54 Å². The molecule has 0 aliphatic rings. The molecule has 3 aromatic rings. The first kappa shape index (κ1) is 15.3. The van der Waals surface area contributed by atoms with Crippen LogP contribution >= 0.6 is 34.5 Å². The van der Waals surface area contributed by atoms with Gasteiger partial charge < -0.3 is 5.32 Å². The van der Waals surface area contributed by atoms with E-state index in [-0.39, 0.29) is 5.91 Å². The molecule has 2 aromatic heterocycles. The summed E-state index contributed by atoms with van der Waals surface area (Å²) < 4.78 is 0.912.